The van der Waals surface area contributed by atoms with E-state index in [0.29, 0.717) is 17.9 Å². The van der Waals surface area contributed by atoms with Crippen molar-refractivity contribution in [3.8, 4) is 5.75 Å². The van der Waals surface area contributed by atoms with Crippen LogP contribution in [-0.4, -0.2) is 30.4 Å². The Morgan fingerprint density at radius 2 is 1.69 bits per heavy atom. The largest absolute Gasteiger partial charge is 0.483 e. The maximum atomic E-state index is 13.1. The van der Waals surface area contributed by atoms with Crippen LogP contribution in [0.3, 0.4) is 0 Å². The molecule has 0 saturated carbocycles. The van der Waals surface area contributed by atoms with Crippen molar-refractivity contribution in [3.05, 3.63) is 94.2 Å². The van der Waals surface area contributed by atoms with Gasteiger partial charge in [-0.05, 0) is 52.9 Å². The zero-order chi connectivity index (χ0) is 22.5. The lowest BCUT2D eigenvalue weighted by Crippen LogP contribution is -2.31. The molecule has 32 heavy (non-hydrogen) atoms. The standard InChI is InChI=1S/C26H24N2O3S/c1-18-8-3-6-12-23(18)27-26(30)22-14-19-9-4-5-10-20(19)15-24(22)31-17-25(29)28(2)16-21-11-7-13-32-21/h3-15H,16-17H2,1-2H3,(H,27,30). The molecule has 6 heteroatoms. The summed E-state index contributed by atoms with van der Waals surface area (Å²) in [4.78, 5) is 28.5. The fraction of sp³-hybridized carbons (Fsp3) is 0.154. The first kappa shape index (κ1) is 21.6. The van der Waals surface area contributed by atoms with Crippen LogP contribution < -0.4 is 10.1 Å². The summed E-state index contributed by atoms with van der Waals surface area (Å²) >= 11 is 1.61. The number of nitrogens with zero attached hydrogens (tertiary/aromatic N) is 1. The van der Waals surface area contributed by atoms with Crippen molar-refractivity contribution in [2.45, 2.75) is 13.5 Å². The highest BCUT2D eigenvalue weighted by Gasteiger charge is 2.18. The number of thiophene rings is 1. The van der Waals surface area contributed by atoms with E-state index in [1.165, 1.54) is 0 Å². The van der Waals surface area contributed by atoms with Crippen LogP contribution in [0, 0.1) is 6.92 Å². The highest BCUT2D eigenvalue weighted by Crippen LogP contribution is 2.28. The number of aryl methyl sites for hydroxylation is 1. The van der Waals surface area contributed by atoms with E-state index in [1.807, 2.05) is 79.0 Å². The van der Waals surface area contributed by atoms with Gasteiger partial charge in [-0.1, -0.05) is 48.5 Å². The fourth-order valence-corrected chi connectivity index (χ4v) is 4.15. The van der Waals surface area contributed by atoms with Crippen LogP contribution in [0.15, 0.2) is 78.2 Å². The fourth-order valence-electron chi connectivity index (χ4n) is 3.39. The molecule has 162 valence electrons. The number of nitrogens with one attached hydrogen (secondary N) is 1. The second-order valence-electron chi connectivity index (χ2n) is 7.58. The summed E-state index contributed by atoms with van der Waals surface area (Å²) in [6.45, 7) is 2.32. The van der Waals surface area contributed by atoms with E-state index in [2.05, 4.69) is 5.32 Å². The van der Waals surface area contributed by atoms with E-state index in [4.69, 9.17) is 4.74 Å². The van der Waals surface area contributed by atoms with E-state index in [9.17, 15) is 9.59 Å². The summed E-state index contributed by atoms with van der Waals surface area (Å²) in [5, 5.41) is 6.81. The molecule has 0 fully saturated rings. The molecule has 0 aliphatic carbocycles. The number of hydrogen-bond donors (Lipinski definition) is 1. The molecule has 0 atom stereocenters. The first-order chi connectivity index (χ1) is 15.5. The van der Waals surface area contributed by atoms with Crippen molar-refractivity contribution in [2.24, 2.45) is 0 Å². The predicted molar refractivity (Wildman–Crippen MR) is 129 cm³/mol. The van der Waals surface area contributed by atoms with E-state index in [-0.39, 0.29) is 18.4 Å². The molecule has 2 amide bonds. The van der Waals surface area contributed by atoms with E-state index in [0.717, 1.165) is 26.9 Å². The molecule has 1 aromatic heterocycles. The zero-order valence-electron chi connectivity index (χ0n) is 18.0. The Hall–Kier alpha value is -3.64. The van der Waals surface area contributed by atoms with Gasteiger partial charge in [0.2, 0.25) is 0 Å². The summed E-state index contributed by atoms with van der Waals surface area (Å²) in [6, 6.07) is 22.9. The first-order valence-electron chi connectivity index (χ1n) is 10.3. The lowest BCUT2D eigenvalue weighted by Gasteiger charge is -2.18. The minimum atomic E-state index is -0.278. The molecule has 0 aliphatic heterocycles. The molecule has 1 N–H and O–H groups in total. The number of rotatable bonds is 7. The number of benzene rings is 3. The van der Waals surface area contributed by atoms with E-state index in [1.54, 1.807) is 29.4 Å². The molecule has 4 aromatic rings. The highest BCUT2D eigenvalue weighted by molar-refractivity contribution is 7.09. The van der Waals surface area contributed by atoms with Crippen molar-refractivity contribution in [2.75, 3.05) is 19.0 Å². The van der Waals surface area contributed by atoms with E-state index >= 15 is 0 Å². The molecule has 3 aromatic carbocycles. The highest BCUT2D eigenvalue weighted by atomic mass is 32.1. The average Bonchev–Trinajstić information content (AvgIpc) is 3.31. The minimum absolute atomic E-state index is 0.148. The second kappa shape index (κ2) is 9.66. The van der Waals surface area contributed by atoms with E-state index < -0.39 is 0 Å². The monoisotopic (exact) mass is 444 g/mol. The number of carbonyl (C=O) groups is 2. The Balaban J connectivity index is 1.56. The smallest absolute Gasteiger partial charge is 0.260 e. The normalized spacial score (nSPS) is 10.7. The molecular formula is C26H24N2O3S. The summed E-state index contributed by atoms with van der Waals surface area (Å²) in [5.41, 5.74) is 2.10. The van der Waals surface area contributed by atoms with Crippen LogP contribution in [0.25, 0.3) is 10.8 Å². The first-order valence-corrected chi connectivity index (χ1v) is 11.2. The number of fused-ring (bicyclic) bond motifs is 1. The molecule has 0 aliphatic rings. The Morgan fingerprint density at radius 3 is 2.41 bits per heavy atom. The van der Waals surface area contributed by atoms with Gasteiger partial charge in [0.05, 0.1) is 12.1 Å². The maximum absolute atomic E-state index is 13.1. The number of anilines is 1. The van der Waals surface area contributed by atoms with Crippen LogP contribution >= 0.6 is 11.3 Å². The van der Waals surface area contributed by atoms with Gasteiger partial charge >= 0.3 is 0 Å². The topological polar surface area (TPSA) is 58.6 Å². The third-order valence-electron chi connectivity index (χ3n) is 5.24. The Kier molecular flexibility index (Phi) is 6.52. The van der Waals surface area contributed by atoms with Gasteiger partial charge in [-0.3, -0.25) is 9.59 Å². The van der Waals surface area contributed by atoms with Gasteiger partial charge in [0, 0.05) is 17.6 Å². The van der Waals surface area contributed by atoms with Gasteiger partial charge in [0.25, 0.3) is 11.8 Å². The van der Waals surface area contributed by atoms with Crippen LogP contribution in [0.1, 0.15) is 20.8 Å². The number of carbonyl (C=O) groups excluding carboxylic acids is 2. The van der Waals surface area contributed by atoms with Gasteiger partial charge < -0.3 is 15.0 Å². The Labute approximate surface area is 191 Å². The third-order valence-corrected chi connectivity index (χ3v) is 6.10. The summed E-state index contributed by atoms with van der Waals surface area (Å²) in [7, 11) is 1.75. The summed E-state index contributed by atoms with van der Waals surface area (Å²) in [5.74, 6) is -0.0519. The Morgan fingerprint density at radius 1 is 0.969 bits per heavy atom. The van der Waals surface area contributed by atoms with Crippen molar-refractivity contribution < 1.29 is 14.3 Å². The van der Waals surface area contributed by atoms with Crippen LogP contribution in [0.2, 0.25) is 0 Å². The second-order valence-corrected chi connectivity index (χ2v) is 8.61. The molecule has 5 nitrogen and oxygen atoms in total. The van der Waals surface area contributed by atoms with Gasteiger partial charge in [-0.2, -0.15) is 0 Å². The molecule has 0 saturated heterocycles. The van der Waals surface area contributed by atoms with Crippen LogP contribution in [0.5, 0.6) is 5.75 Å². The van der Waals surface area contributed by atoms with Crippen molar-refractivity contribution in [1.29, 1.82) is 0 Å². The van der Waals surface area contributed by atoms with Crippen molar-refractivity contribution in [3.63, 3.8) is 0 Å². The summed E-state index contributed by atoms with van der Waals surface area (Å²) in [6.07, 6.45) is 0. The molecule has 0 unspecified atom stereocenters. The van der Waals surface area contributed by atoms with Crippen LogP contribution in [-0.2, 0) is 11.3 Å². The lowest BCUT2D eigenvalue weighted by atomic mass is 10.0. The molecule has 0 radical (unpaired) electrons. The summed E-state index contributed by atoms with van der Waals surface area (Å²) < 4.78 is 5.89. The number of ether oxygens (including phenoxy) is 1. The van der Waals surface area contributed by atoms with Gasteiger partial charge in [0.1, 0.15) is 5.75 Å². The van der Waals surface area contributed by atoms with Crippen molar-refractivity contribution in [1.82, 2.24) is 4.90 Å². The average molecular weight is 445 g/mol. The predicted octanol–water partition coefficient (Wildman–Crippen LogP) is 5.50. The third kappa shape index (κ3) is 4.98. The molecular weight excluding hydrogens is 420 g/mol. The van der Waals surface area contributed by atoms with Crippen LogP contribution in [0.4, 0.5) is 5.69 Å². The molecule has 1 heterocycles. The number of para-hydroxylation sites is 1. The number of amides is 2. The zero-order valence-corrected chi connectivity index (χ0v) is 18.8. The van der Waals surface area contributed by atoms with Gasteiger partial charge in [-0.15, -0.1) is 11.3 Å². The SMILES string of the molecule is Cc1ccccc1NC(=O)c1cc2ccccc2cc1OCC(=O)N(C)Cc1cccs1. The lowest BCUT2D eigenvalue weighted by molar-refractivity contribution is -0.132. The quantitative estimate of drug-likeness (QED) is 0.409. The number of likely N-dealkylation sites (N-methyl/N-ethyl adjacent to an activating group) is 1. The van der Waals surface area contributed by atoms with Gasteiger partial charge in [0.15, 0.2) is 6.61 Å². The molecule has 0 bridgehead atoms. The maximum Gasteiger partial charge on any atom is 0.260 e. The minimum Gasteiger partial charge on any atom is -0.483 e. The molecule has 4 rings (SSSR count). The van der Waals surface area contributed by atoms with Crippen molar-refractivity contribution >= 4 is 39.6 Å². The number of hydrogen-bond acceptors (Lipinski definition) is 4. The van der Waals surface area contributed by atoms with Gasteiger partial charge in [-0.25, -0.2) is 0 Å². The molecule has 0 spiro atoms. The Bertz CT molecular complexity index is 1250.